The molecular formula is C21H18F6N2O3S. The number of halogens is 6. The number of aromatic nitrogens is 2. The molecule has 12 heteroatoms. The summed E-state index contributed by atoms with van der Waals surface area (Å²) in [6, 6.07) is 5.86. The lowest BCUT2D eigenvalue weighted by atomic mass is 9.86. The maximum absolute atomic E-state index is 14.1. The molecule has 0 saturated carbocycles. The lowest BCUT2D eigenvalue weighted by Gasteiger charge is -2.23. The van der Waals surface area contributed by atoms with E-state index in [0.717, 1.165) is 23.9 Å². The number of carboxylic acid groups (broad SMARTS) is 1. The molecule has 1 N–H and O–H groups in total. The third-order valence-electron chi connectivity index (χ3n) is 4.77. The van der Waals surface area contributed by atoms with E-state index < -0.39 is 47.7 Å². The lowest BCUT2D eigenvalue weighted by molar-refractivity contribution is -0.158. The van der Waals surface area contributed by atoms with Crippen LogP contribution in [-0.2, 0) is 11.0 Å². The van der Waals surface area contributed by atoms with Crippen molar-refractivity contribution in [3.63, 3.8) is 0 Å². The Kier molecular flexibility index (Phi) is 6.87. The van der Waals surface area contributed by atoms with E-state index in [1.54, 1.807) is 13.8 Å². The number of carboxylic acids is 1. The quantitative estimate of drug-likeness (QED) is 0.380. The van der Waals surface area contributed by atoms with Gasteiger partial charge in [-0.15, -0.1) is 0 Å². The average Bonchev–Trinajstić information content (AvgIpc) is 3.16. The maximum atomic E-state index is 14.1. The van der Waals surface area contributed by atoms with Crippen LogP contribution >= 0.6 is 11.7 Å². The third-order valence-corrected chi connectivity index (χ3v) is 5.33. The second kappa shape index (κ2) is 9.16. The molecule has 0 spiro atoms. The smallest absolute Gasteiger partial charge is 0.422 e. The first-order valence-corrected chi connectivity index (χ1v) is 10.4. The summed E-state index contributed by atoms with van der Waals surface area (Å²) in [6.07, 6.45) is -9.91. The number of hydrogen-bond acceptors (Lipinski definition) is 5. The van der Waals surface area contributed by atoms with Gasteiger partial charge >= 0.3 is 18.3 Å². The highest BCUT2D eigenvalue weighted by Gasteiger charge is 2.40. The Bertz CT molecular complexity index is 1160. The molecule has 0 aliphatic rings. The van der Waals surface area contributed by atoms with E-state index in [9.17, 15) is 36.2 Å². The molecule has 2 aromatic carbocycles. The zero-order valence-corrected chi connectivity index (χ0v) is 18.1. The van der Waals surface area contributed by atoms with Crippen LogP contribution in [0.4, 0.5) is 26.3 Å². The van der Waals surface area contributed by atoms with Gasteiger partial charge in [0.1, 0.15) is 22.3 Å². The van der Waals surface area contributed by atoms with Crippen LogP contribution in [0, 0.1) is 5.92 Å². The number of ether oxygens (including phenoxy) is 1. The number of alkyl halides is 6. The van der Waals surface area contributed by atoms with Crippen LogP contribution in [0.25, 0.3) is 22.2 Å². The average molecular weight is 492 g/mol. The zero-order valence-electron chi connectivity index (χ0n) is 17.3. The van der Waals surface area contributed by atoms with Gasteiger partial charge in [-0.1, -0.05) is 19.9 Å². The lowest BCUT2D eigenvalue weighted by Crippen LogP contribution is -2.22. The first-order valence-electron chi connectivity index (χ1n) is 9.66. The standard InChI is InChI=1S/C21H18F6N2O3S/c1-10(2)5-14(19(30)31)12-6-13(11-3-4-15-16(7-11)29-33-28-15)18(21(25,26)27)17(8-12)32-9-20(22,23)24/h3-4,6-8,10,14H,5,9H2,1-2H3,(H,30,31)/t14-/m0/s1. The molecule has 0 aliphatic carbocycles. The van der Waals surface area contributed by atoms with Crippen molar-refractivity contribution in [2.24, 2.45) is 5.92 Å². The second-order valence-corrected chi connectivity index (χ2v) is 8.36. The van der Waals surface area contributed by atoms with Crippen molar-refractivity contribution in [1.29, 1.82) is 0 Å². The van der Waals surface area contributed by atoms with E-state index in [2.05, 4.69) is 13.5 Å². The summed E-state index contributed by atoms with van der Waals surface area (Å²) in [5.41, 5.74) is -1.28. The molecule has 0 radical (unpaired) electrons. The molecule has 5 nitrogen and oxygen atoms in total. The molecule has 1 atom stereocenters. The Morgan fingerprint density at radius 2 is 1.73 bits per heavy atom. The van der Waals surface area contributed by atoms with Crippen LogP contribution in [0.1, 0.15) is 37.3 Å². The molecule has 0 aliphatic heterocycles. The summed E-state index contributed by atoms with van der Waals surface area (Å²) < 4.78 is 93.1. The van der Waals surface area contributed by atoms with Crippen molar-refractivity contribution in [2.45, 2.75) is 38.5 Å². The minimum absolute atomic E-state index is 0.00470. The Hall–Kier alpha value is -2.89. The minimum Gasteiger partial charge on any atom is -0.483 e. The van der Waals surface area contributed by atoms with Gasteiger partial charge in [-0.3, -0.25) is 4.79 Å². The van der Waals surface area contributed by atoms with Crippen molar-refractivity contribution >= 4 is 28.7 Å². The van der Waals surface area contributed by atoms with Crippen molar-refractivity contribution in [3.05, 3.63) is 41.5 Å². The topological polar surface area (TPSA) is 72.3 Å². The van der Waals surface area contributed by atoms with Gasteiger partial charge in [-0.25, -0.2) is 0 Å². The predicted octanol–water partition coefficient (Wildman–Crippen LogP) is 6.53. The summed E-state index contributed by atoms with van der Waals surface area (Å²) in [5, 5.41) is 9.67. The molecule has 3 rings (SSSR count). The normalized spacial score (nSPS) is 13.5. The molecular weight excluding hydrogens is 474 g/mol. The van der Waals surface area contributed by atoms with E-state index in [4.69, 9.17) is 0 Å². The van der Waals surface area contributed by atoms with Gasteiger partial charge < -0.3 is 9.84 Å². The molecule has 178 valence electrons. The molecule has 0 amide bonds. The van der Waals surface area contributed by atoms with Gasteiger partial charge in [0.05, 0.1) is 17.6 Å². The highest BCUT2D eigenvalue weighted by molar-refractivity contribution is 7.00. The molecule has 0 bridgehead atoms. The Morgan fingerprint density at radius 1 is 1.06 bits per heavy atom. The van der Waals surface area contributed by atoms with Gasteiger partial charge in [0.25, 0.3) is 0 Å². The van der Waals surface area contributed by atoms with E-state index >= 15 is 0 Å². The number of fused-ring (bicyclic) bond motifs is 1. The molecule has 0 fully saturated rings. The summed E-state index contributed by atoms with van der Waals surface area (Å²) >= 11 is 0.850. The number of nitrogens with zero attached hydrogens (tertiary/aromatic N) is 2. The SMILES string of the molecule is CC(C)C[C@H](C(=O)O)c1cc(OCC(F)(F)F)c(C(F)(F)F)c(-c2ccc3nsnc3c2)c1. The van der Waals surface area contributed by atoms with Crippen molar-refractivity contribution in [3.8, 4) is 16.9 Å². The van der Waals surface area contributed by atoms with Gasteiger partial charge in [0.2, 0.25) is 0 Å². The number of benzene rings is 2. The van der Waals surface area contributed by atoms with Gasteiger partial charge in [0.15, 0.2) is 6.61 Å². The number of aliphatic carboxylic acids is 1. The molecule has 1 aromatic heterocycles. The molecule has 0 unspecified atom stereocenters. The second-order valence-electron chi connectivity index (χ2n) is 7.83. The fraction of sp³-hybridized carbons (Fsp3) is 0.381. The van der Waals surface area contributed by atoms with Crippen LogP contribution in [-0.4, -0.2) is 32.6 Å². The van der Waals surface area contributed by atoms with Crippen LogP contribution < -0.4 is 4.74 Å². The third kappa shape index (κ3) is 5.92. The van der Waals surface area contributed by atoms with Gasteiger partial charge in [0, 0.05) is 0 Å². The minimum atomic E-state index is -5.08. The Labute approximate surface area is 188 Å². The fourth-order valence-corrected chi connectivity index (χ4v) is 3.95. The van der Waals surface area contributed by atoms with E-state index in [0.29, 0.717) is 11.0 Å². The van der Waals surface area contributed by atoms with Crippen molar-refractivity contribution in [2.75, 3.05) is 6.61 Å². The number of hydrogen-bond donors (Lipinski definition) is 1. The van der Waals surface area contributed by atoms with E-state index in [1.165, 1.54) is 18.2 Å². The van der Waals surface area contributed by atoms with Gasteiger partial charge in [-0.05, 0) is 53.3 Å². The zero-order chi connectivity index (χ0) is 24.6. The molecule has 0 saturated heterocycles. The fourth-order valence-electron chi connectivity index (χ4n) is 3.43. The Morgan fingerprint density at radius 3 is 2.30 bits per heavy atom. The first-order chi connectivity index (χ1) is 15.3. The summed E-state index contributed by atoms with van der Waals surface area (Å²) in [7, 11) is 0. The van der Waals surface area contributed by atoms with E-state index in [1.807, 2.05) is 0 Å². The number of rotatable bonds is 7. The molecule has 1 heterocycles. The van der Waals surface area contributed by atoms with Crippen LogP contribution in [0.15, 0.2) is 30.3 Å². The number of carbonyl (C=O) groups is 1. The van der Waals surface area contributed by atoms with Crippen molar-refractivity contribution < 1.29 is 41.0 Å². The Balaban J connectivity index is 2.29. The molecule has 3 aromatic rings. The van der Waals surface area contributed by atoms with E-state index in [-0.39, 0.29) is 23.5 Å². The van der Waals surface area contributed by atoms with Crippen LogP contribution in [0.2, 0.25) is 0 Å². The summed E-state index contributed by atoms with van der Waals surface area (Å²) in [4.78, 5) is 11.9. The first kappa shape index (κ1) is 24.7. The highest BCUT2D eigenvalue weighted by atomic mass is 32.1. The maximum Gasteiger partial charge on any atom is 0.422 e. The van der Waals surface area contributed by atoms with Crippen LogP contribution in [0.5, 0.6) is 5.75 Å². The van der Waals surface area contributed by atoms with Crippen molar-refractivity contribution in [1.82, 2.24) is 8.75 Å². The molecule has 33 heavy (non-hydrogen) atoms. The predicted molar refractivity (Wildman–Crippen MR) is 109 cm³/mol. The largest absolute Gasteiger partial charge is 0.483 e. The summed E-state index contributed by atoms with van der Waals surface area (Å²) in [6.45, 7) is 1.49. The van der Waals surface area contributed by atoms with Gasteiger partial charge in [-0.2, -0.15) is 35.1 Å². The van der Waals surface area contributed by atoms with Crippen LogP contribution in [0.3, 0.4) is 0 Å². The monoisotopic (exact) mass is 492 g/mol. The highest BCUT2D eigenvalue weighted by Crippen LogP contribution is 2.46. The summed E-state index contributed by atoms with van der Waals surface area (Å²) in [5.74, 6) is -3.79.